The maximum absolute atomic E-state index is 9.29. The van der Waals surface area contributed by atoms with Crippen molar-refractivity contribution in [3.63, 3.8) is 0 Å². The Kier molecular flexibility index (Phi) is 1.76. The lowest BCUT2D eigenvalue weighted by molar-refractivity contribution is 0.258. The predicted molar refractivity (Wildman–Crippen MR) is 43.0 cm³/mol. The molecule has 0 fully saturated rings. The zero-order valence-electron chi connectivity index (χ0n) is 7.07. The van der Waals surface area contributed by atoms with Gasteiger partial charge in [0.05, 0.1) is 5.76 Å². The zero-order chi connectivity index (χ0) is 7.78. The van der Waals surface area contributed by atoms with Crippen molar-refractivity contribution < 1.29 is 5.11 Å². The van der Waals surface area contributed by atoms with Gasteiger partial charge >= 0.3 is 0 Å². The van der Waals surface area contributed by atoms with Gasteiger partial charge in [0.15, 0.2) is 0 Å². The van der Waals surface area contributed by atoms with Crippen molar-refractivity contribution in [2.75, 3.05) is 0 Å². The smallest absolute Gasteiger partial charge is 0.0912 e. The third-order valence-electron chi connectivity index (χ3n) is 2.27. The van der Waals surface area contributed by atoms with Crippen LogP contribution in [0.2, 0.25) is 0 Å². The first-order chi connectivity index (χ1) is 4.51. The fourth-order valence-corrected chi connectivity index (χ4v) is 1.58. The van der Waals surface area contributed by atoms with Crippen LogP contribution in [0.1, 0.15) is 40.0 Å². The van der Waals surface area contributed by atoms with Crippen molar-refractivity contribution in [3.8, 4) is 0 Å². The van der Waals surface area contributed by atoms with Crippen molar-refractivity contribution in [2.24, 2.45) is 5.41 Å². The Morgan fingerprint density at radius 1 is 1.40 bits per heavy atom. The standard InChI is InChI=1S/C9H16O/c1-7-6-9(2,3)5-4-8(7)10/h10H,4-6H2,1-3H3. The summed E-state index contributed by atoms with van der Waals surface area (Å²) in [6.07, 6.45) is 3.05. The zero-order valence-corrected chi connectivity index (χ0v) is 7.07. The average molecular weight is 140 g/mol. The third kappa shape index (κ3) is 1.53. The van der Waals surface area contributed by atoms with Gasteiger partial charge in [-0.25, -0.2) is 0 Å². The number of hydrogen-bond donors (Lipinski definition) is 1. The second kappa shape index (κ2) is 2.30. The van der Waals surface area contributed by atoms with Gasteiger partial charge in [-0.3, -0.25) is 0 Å². The molecule has 0 aromatic carbocycles. The van der Waals surface area contributed by atoms with Gasteiger partial charge in [0, 0.05) is 6.42 Å². The van der Waals surface area contributed by atoms with Crippen LogP contribution >= 0.6 is 0 Å². The van der Waals surface area contributed by atoms with E-state index in [1.165, 1.54) is 5.57 Å². The number of aliphatic hydroxyl groups is 1. The molecule has 0 bridgehead atoms. The molecule has 0 saturated carbocycles. The van der Waals surface area contributed by atoms with Crippen LogP contribution in [0.5, 0.6) is 0 Å². The van der Waals surface area contributed by atoms with Crippen LogP contribution in [0, 0.1) is 5.41 Å². The van der Waals surface area contributed by atoms with Crippen LogP contribution in [-0.2, 0) is 0 Å². The van der Waals surface area contributed by atoms with Gasteiger partial charge in [-0.05, 0) is 30.8 Å². The van der Waals surface area contributed by atoms with Crippen molar-refractivity contribution in [2.45, 2.75) is 40.0 Å². The molecule has 1 N–H and O–H groups in total. The minimum absolute atomic E-state index is 0.413. The molecule has 1 rings (SSSR count). The first-order valence-electron chi connectivity index (χ1n) is 3.89. The van der Waals surface area contributed by atoms with E-state index < -0.39 is 0 Å². The van der Waals surface area contributed by atoms with Gasteiger partial charge in [-0.2, -0.15) is 0 Å². The molecule has 0 spiro atoms. The minimum Gasteiger partial charge on any atom is -0.512 e. The molecular formula is C9H16O. The normalized spacial score (nSPS) is 25.1. The van der Waals surface area contributed by atoms with E-state index in [2.05, 4.69) is 13.8 Å². The Hall–Kier alpha value is -0.460. The highest BCUT2D eigenvalue weighted by molar-refractivity contribution is 5.11. The number of aliphatic hydroxyl groups excluding tert-OH is 1. The highest BCUT2D eigenvalue weighted by Crippen LogP contribution is 2.37. The Morgan fingerprint density at radius 3 is 2.40 bits per heavy atom. The van der Waals surface area contributed by atoms with Crippen LogP contribution in [0.25, 0.3) is 0 Å². The average Bonchev–Trinajstić information content (AvgIpc) is 1.79. The molecule has 0 atom stereocenters. The van der Waals surface area contributed by atoms with Crippen molar-refractivity contribution in [1.29, 1.82) is 0 Å². The van der Waals surface area contributed by atoms with Gasteiger partial charge in [-0.1, -0.05) is 13.8 Å². The Morgan fingerprint density at radius 2 is 2.00 bits per heavy atom. The van der Waals surface area contributed by atoms with E-state index in [-0.39, 0.29) is 0 Å². The van der Waals surface area contributed by atoms with E-state index in [4.69, 9.17) is 0 Å². The van der Waals surface area contributed by atoms with Crippen LogP contribution in [0.3, 0.4) is 0 Å². The molecule has 0 unspecified atom stereocenters. The van der Waals surface area contributed by atoms with Crippen molar-refractivity contribution in [1.82, 2.24) is 0 Å². The summed E-state index contributed by atoms with van der Waals surface area (Å²) < 4.78 is 0. The second-order valence-electron chi connectivity index (χ2n) is 4.07. The van der Waals surface area contributed by atoms with E-state index in [1.54, 1.807) is 0 Å². The largest absolute Gasteiger partial charge is 0.512 e. The maximum Gasteiger partial charge on any atom is 0.0912 e. The molecule has 0 aromatic rings. The summed E-state index contributed by atoms with van der Waals surface area (Å²) in [4.78, 5) is 0. The lowest BCUT2D eigenvalue weighted by Gasteiger charge is -2.29. The lowest BCUT2D eigenvalue weighted by atomic mass is 9.77. The van der Waals surface area contributed by atoms with Crippen LogP contribution in [0.15, 0.2) is 11.3 Å². The molecule has 1 heteroatoms. The van der Waals surface area contributed by atoms with Crippen LogP contribution < -0.4 is 0 Å². The summed E-state index contributed by atoms with van der Waals surface area (Å²) in [6.45, 7) is 6.53. The van der Waals surface area contributed by atoms with E-state index in [0.29, 0.717) is 11.2 Å². The summed E-state index contributed by atoms with van der Waals surface area (Å²) in [7, 11) is 0. The van der Waals surface area contributed by atoms with Crippen molar-refractivity contribution in [3.05, 3.63) is 11.3 Å². The molecule has 58 valence electrons. The minimum atomic E-state index is 0.413. The summed E-state index contributed by atoms with van der Waals surface area (Å²) in [5.41, 5.74) is 1.59. The van der Waals surface area contributed by atoms with E-state index in [0.717, 1.165) is 19.3 Å². The number of allylic oxidation sites excluding steroid dienone is 2. The highest BCUT2D eigenvalue weighted by Gasteiger charge is 2.24. The Balaban J connectivity index is 2.72. The monoisotopic (exact) mass is 140 g/mol. The molecule has 0 radical (unpaired) electrons. The molecule has 0 heterocycles. The topological polar surface area (TPSA) is 20.2 Å². The molecule has 0 aliphatic heterocycles. The summed E-state index contributed by atoms with van der Waals surface area (Å²) >= 11 is 0. The van der Waals surface area contributed by atoms with Crippen LogP contribution in [0.4, 0.5) is 0 Å². The fraction of sp³-hybridized carbons (Fsp3) is 0.778. The molecule has 1 aliphatic rings. The fourth-order valence-electron chi connectivity index (χ4n) is 1.58. The maximum atomic E-state index is 9.29. The molecular weight excluding hydrogens is 124 g/mol. The van der Waals surface area contributed by atoms with E-state index in [1.807, 2.05) is 6.92 Å². The number of rotatable bonds is 0. The lowest BCUT2D eigenvalue weighted by Crippen LogP contribution is -2.17. The van der Waals surface area contributed by atoms with E-state index in [9.17, 15) is 5.11 Å². The summed E-state index contributed by atoms with van der Waals surface area (Å²) in [5.74, 6) is 0.624. The predicted octanol–water partition coefficient (Wildman–Crippen LogP) is 3.03. The Bertz CT molecular complexity index is 166. The molecule has 10 heavy (non-hydrogen) atoms. The number of hydrogen-bond acceptors (Lipinski definition) is 1. The first kappa shape index (κ1) is 7.64. The molecule has 0 aromatic heterocycles. The SMILES string of the molecule is CC1=C(O)CCC(C)(C)C1. The first-order valence-corrected chi connectivity index (χ1v) is 3.89. The Labute approximate surface area is 62.8 Å². The highest BCUT2D eigenvalue weighted by atomic mass is 16.3. The molecule has 0 saturated heterocycles. The van der Waals surface area contributed by atoms with Gasteiger partial charge in [0.25, 0.3) is 0 Å². The quantitative estimate of drug-likeness (QED) is 0.548. The van der Waals surface area contributed by atoms with Crippen molar-refractivity contribution >= 4 is 0 Å². The van der Waals surface area contributed by atoms with Gasteiger partial charge in [-0.15, -0.1) is 0 Å². The summed E-state index contributed by atoms with van der Waals surface area (Å²) in [5, 5.41) is 9.29. The second-order valence-corrected chi connectivity index (χ2v) is 4.07. The third-order valence-corrected chi connectivity index (χ3v) is 2.27. The molecule has 1 aliphatic carbocycles. The molecule has 1 nitrogen and oxygen atoms in total. The molecule has 0 amide bonds. The van der Waals surface area contributed by atoms with Crippen LogP contribution in [-0.4, -0.2) is 5.11 Å². The van der Waals surface area contributed by atoms with Gasteiger partial charge in [0.1, 0.15) is 0 Å². The van der Waals surface area contributed by atoms with Gasteiger partial charge < -0.3 is 5.11 Å². The van der Waals surface area contributed by atoms with E-state index >= 15 is 0 Å². The summed E-state index contributed by atoms with van der Waals surface area (Å²) in [6, 6.07) is 0. The van der Waals surface area contributed by atoms with Gasteiger partial charge in [0.2, 0.25) is 0 Å².